The lowest BCUT2D eigenvalue weighted by Crippen LogP contribution is -2.24. The molecule has 0 aliphatic heterocycles. The summed E-state index contributed by atoms with van der Waals surface area (Å²) in [5.41, 5.74) is 6.04. The Labute approximate surface area is 179 Å². The van der Waals surface area contributed by atoms with Crippen LogP contribution in [0.4, 0.5) is 10.1 Å². The molecule has 152 valence electrons. The fraction of sp³-hybridized carbons (Fsp3) is 0.111. The molecule has 1 aromatic heterocycles. The van der Waals surface area contributed by atoms with E-state index < -0.39 is 18.3 Å². The third-order valence-electron chi connectivity index (χ3n) is 3.76. The van der Waals surface area contributed by atoms with Gasteiger partial charge >= 0.3 is 0 Å². The molecule has 3 rings (SSSR count). The fourth-order valence-electron chi connectivity index (χ4n) is 2.45. The molecule has 3 aromatic rings. The maximum Gasteiger partial charge on any atom is 0.273 e. The number of aromatic nitrogens is 2. The quantitative estimate of drug-likeness (QED) is 0.410. The van der Waals surface area contributed by atoms with Crippen LogP contribution >= 0.6 is 34.8 Å². The van der Waals surface area contributed by atoms with E-state index in [2.05, 4.69) is 15.3 Å². The minimum Gasteiger partial charge on any atom is -0.453 e. The van der Waals surface area contributed by atoms with Gasteiger partial charge in [0.2, 0.25) is 0 Å². The Kier molecular flexibility index (Phi) is 6.49. The first-order valence-electron chi connectivity index (χ1n) is 8.12. The van der Waals surface area contributed by atoms with Gasteiger partial charge in [-0.1, -0.05) is 40.9 Å². The summed E-state index contributed by atoms with van der Waals surface area (Å²) in [6.45, 7) is -0.596. The van der Waals surface area contributed by atoms with Crippen molar-refractivity contribution in [2.45, 2.75) is 13.2 Å². The monoisotopic (exact) mass is 458 g/mol. The van der Waals surface area contributed by atoms with E-state index in [1.807, 2.05) is 0 Å². The van der Waals surface area contributed by atoms with Crippen LogP contribution in [-0.2, 0) is 13.2 Å². The van der Waals surface area contributed by atoms with Crippen molar-refractivity contribution >= 4 is 46.4 Å². The van der Waals surface area contributed by atoms with Crippen molar-refractivity contribution in [2.75, 3.05) is 5.73 Å². The van der Waals surface area contributed by atoms with E-state index in [0.29, 0.717) is 10.7 Å². The standard InChI is InChI=1S/C18H14Cl3FN4O3/c19-9-3-10(23)5-11(4-9)29-16-12(20)2-1-8(14(16)22)6-24-18(28)15-17(21)26-13(7-27)25-15/h1-5,27H,6-7,23H2,(H,24,28)(H,25,26). The molecular weight excluding hydrogens is 446 g/mol. The number of carbonyl (C=O) groups is 1. The number of hydrogen-bond acceptors (Lipinski definition) is 5. The average Bonchev–Trinajstić information content (AvgIpc) is 3.04. The van der Waals surface area contributed by atoms with Crippen LogP contribution in [0.2, 0.25) is 15.2 Å². The molecule has 0 aliphatic rings. The highest BCUT2D eigenvalue weighted by Crippen LogP contribution is 2.35. The smallest absolute Gasteiger partial charge is 0.273 e. The molecule has 0 atom stereocenters. The largest absolute Gasteiger partial charge is 0.453 e. The van der Waals surface area contributed by atoms with Gasteiger partial charge in [0.05, 0.1) is 5.02 Å². The first-order valence-corrected chi connectivity index (χ1v) is 9.26. The highest BCUT2D eigenvalue weighted by atomic mass is 35.5. The van der Waals surface area contributed by atoms with Crippen molar-refractivity contribution in [3.05, 3.63) is 68.4 Å². The lowest BCUT2D eigenvalue weighted by Gasteiger charge is -2.13. The Morgan fingerprint density at radius 2 is 2.03 bits per heavy atom. The number of amides is 1. The van der Waals surface area contributed by atoms with Crippen LogP contribution < -0.4 is 15.8 Å². The van der Waals surface area contributed by atoms with E-state index in [4.69, 9.17) is 50.4 Å². The van der Waals surface area contributed by atoms with Crippen LogP contribution in [0.15, 0.2) is 30.3 Å². The number of anilines is 1. The number of aromatic amines is 1. The number of halogens is 4. The summed E-state index contributed by atoms with van der Waals surface area (Å²) >= 11 is 17.9. The van der Waals surface area contributed by atoms with Crippen molar-refractivity contribution in [1.82, 2.24) is 15.3 Å². The summed E-state index contributed by atoms with van der Waals surface area (Å²) in [7, 11) is 0. The molecule has 0 aliphatic carbocycles. The highest BCUT2D eigenvalue weighted by Gasteiger charge is 2.19. The Bertz CT molecular complexity index is 1050. The predicted octanol–water partition coefficient (Wildman–Crippen LogP) is 4.31. The molecule has 0 saturated carbocycles. The lowest BCUT2D eigenvalue weighted by atomic mass is 10.2. The topological polar surface area (TPSA) is 113 Å². The Balaban J connectivity index is 1.79. The average molecular weight is 460 g/mol. The number of H-pyrrole nitrogens is 1. The van der Waals surface area contributed by atoms with Crippen molar-refractivity contribution < 1.29 is 19.0 Å². The normalized spacial score (nSPS) is 10.8. The number of benzene rings is 2. The zero-order valence-corrected chi connectivity index (χ0v) is 16.9. The Morgan fingerprint density at radius 3 is 2.69 bits per heavy atom. The van der Waals surface area contributed by atoms with Crippen molar-refractivity contribution in [1.29, 1.82) is 0 Å². The number of nitrogens with one attached hydrogen (secondary N) is 2. The molecule has 5 N–H and O–H groups in total. The number of nitrogens with zero attached hydrogens (tertiary/aromatic N) is 1. The van der Waals surface area contributed by atoms with Crippen LogP contribution in [-0.4, -0.2) is 21.0 Å². The third kappa shape index (κ3) is 4.91. The first-order chi connectivity index (χ1) is 13.8. The van der Waals surface area contributed by atoms with Crippen LogP contribution in [0.5, 0.6) is 11.5 Å². The van der Waals surface area contributed by atoms with Gasteiger partial charge in [-0.3, -0.25) is 4.79 Å². The second kappa shape index (κ2) is 8.87. The van der Waals surface area contributed by atoms with E-state index in [0.717, 1.165) is 0 Å². The van der Waals surface area contributed by atoms with E-state index in [9.17, 15) is 9.18 Å². The Hall–Kier alpha value is -2.52. The molecule has 1 heterocycles. The molecule has 11 heteroatoms. The summed E-state index contributed by atoms with van der Waals surface area (Å²) in [4.78, 5) is 18.6. The molecule has 7 nitrogen and oxygen atoms in total. The van der Waals surface area contributed by atoms with Crippen LogP contribution in [0.25, 0.3) is 0 Å². The fourth-order valence-corrected chi connectivity index (χ4v) is 3.10. The van der Waals surface area contributed by atoms with Gasteiger partial charge in [0.15, 0.2) is 17.3 Å². The van der Waals surface area contributed by atoms with Gasteiger partial charge in [-0.25, -0.2) is 9.37 Å². The van der Waals surface area contributed by atoms with Gasteiger partial charge in [0.1, 0.15) is 23.3 Å². The molecule has 29 heavy (non-hydrogen) atoms. The molecule has 1 amide bonds. The number of imidazole rings is 1. The molecule has 0 bridgehead atoms. The molecule has 0 unspecified atom stereocenters. The number of ether oxygens (including phenoxy) is 1. The van der Waals surface area contributed by atoms with Gasteiger partial charge in [0, 0.05) is 28.9 Å². The summed E-state index contributed by atoms with van der Waals surface area (Å²) < 4.78 is 20.4. The minimum atomic E-state index is -0.763. The second-order valence-corrected chi connectivity index (χ2v) is 7.08. The van der Waals surface area contributed by atoms with Gasteiger partial charge in [0.25, 0.3) is 5.91 Å². The summed E-state index contributed by atoms with van der Waals surface area (Å²) in [6, 6.07) is 7.28. The maximum absolute atomic E-state index is 14.9. The van der Waals surface area contributed by atoms with E-state index >= 15 is 0 Å². The van der Waals surface area contributed by atoms with Crippen molar-refractivity contribution in [2.24, 2.45) is 0 Å². The highest BCUT2D eigenvalue weighted by molar-refractivity contribution is 6.32. The van der Waals surface area contributed by atoms with E-state index in [1.165, 1.54) is 30.3 Å². The number of hydrogen-bond donors (Lipinski definition) is 4. The van der Waals surface area contributed by atoms with Crippen LogP contribution in [0.3, 0.4) is 0 Å². The second-order valence-electron chi connectivity index (χ2n) is 5.86. The van der Waals surface area contributed by atoms with E-state index in [1.54, 1.807) is 0 Å². The van der Waals surface area contributed by atoms with Gasteiger partial charge in [-0.15, -0.1) is 0 Å². The molecule has 2 aromatic carbocycles. The third-order valence-corrected chi connectivity index (χ3v) is 4.54. The predicted molar refractivity (Wildman–Crippen MR) is 108 cm³/mol. The first kappa shape index (κ1) is 21.2. The van der Waals surface area contributed by atoms with Gasteiger partial charge in [-0.2, -0.15) is 0 Å². The van der Waals surface area contributed by atoms with Crippen molar-refractivity contribution in [3.63, 3.8) is 0 Å². The number of rotatable bonds is 6. The SMILES string of the molecule is Nc1cc(Cl)cc(Oc2c(Cl)ccc(CNC(=O)c3nc(CO)[nH]c3Cl)c2F)c1. The number of nitrogen functional groups attached to an aromatic ring is 1. The maximum atomic E-state index is 14.9. The van der Waals surface area contributed by atoms with Gasteiger partial charge in [-0.05, 0) is 18.2 Å². The molecule has 0 fully saturated rings. The molecular formula is C18H14Cl3FN4O3. The minimum absolute atomic E-state index is 0.0269. The van der Waals surface area contributed by atoms with Gasteiger partial charge < -0.3 is 25.9 Å². The Morgan fingerprint density at radius 1 is 1.28 bits per heavy atom. The zero-order valence-electron chi connectivity index (χ0n) is 14.6. The number of aliphatic hydroxyl groups excluding tert-OH is 1. The lowest BCUT2D eigenvalue weighted by molar-refractivity contribution is 0.0946. The number of aliphatic hydroxyl groups is 1. The number of carbonyl (C=O) groups excluding carboxylic acids is 1. The number of nitrogens with two attached hydrogens (primary N) is 1. The van der Waals surface area contributed by atoms with Crippen LogP contribution in [0.1, 0.15) is 21.9 Å². The van der Waals surface area contributed by atoms with E-state index in [-0.39, 0.29) is 45.3 Å². The zero-order chi connectivity index (χ0) is 21.1. The van der Waals surface area contributed by atoms with Crippen molar-refractivity contribution in [3.8, 4) is 11.5 Å². The summed E-state index contributed by atoms with van der Waals surface area (Å²) in [6.07, 6.45) is 0. The molecule has 0 saturated heterocycles. The van der Waals surface area contributed by atoms with Crippen LogP contribution in [0, 0.1) is 5.82 Å². The summed E-state index contributed by atoms with van der Waals surface area (Å²) in [5, 5.41) is 11.8. The molecule has 0 spiro atoms. The summed E-state index contributed by atoms with van der Waals surface area (Å²) in [5.74, 6) is -1.31. The molecule has 0 radical (unpaired) electrons.